The third-order valence-corrected chi connectivity index (χ3v) is 2.83. The van der Waals surface area contributed by atoms with E-state index in [1.165, 1.54) is 24.3 Å². The summed E-state index contributed by atoms with van der Waals surface area (Å²) in [6.45, 7) is 3.47. The van der Waals surface area contributed by atoms with Gasteiger partial charge in [0.2, 0.25) is 0 Å². The Kier molecular flexibility index (Phi) is 3.51. The number of benzene rings is 2. The van der Waals surface area contributed by atoms with Crippen molar-refractivity contribution in [3.05, 3.63) is 58.9 Å². The maximum atomic E-state index is 13.6. The molecule has 0 radical (unpaired) electrons. The highest BCUT2D eigenvalue weighted by atomic mass is 19.1. The number of aromatic hydroxyl groups is 1. The molecule has 0 saturated carbocycles. The average molecular weight is 259 g/mol. The fraction of sp³-hybridized carbons (Fsp3) is 0.133. The van der Waals surface area contributed by atoms with Crippen molar-refractivity contribution in [1.29, 1.82) is 0 Å². The minimum Gasteiger partial charge on any atom is -0.508 e. The molecule has 0 aliphatic heterocycles. The standard InChI is InChI=1S/C15H14FNO2/c1-9-3-5-13(12(16)7-9)17-15(19)11-4-6-14(18)10(2)8-11/h3-8,18H,1-2H3,(H,17,19). The first-order valence-corrected chi connectivity index (χ1v) is 5.84. The van der Waals surface area contributed by atoms with Gasteiger partial charge in [0.15, 0.2) is 0 Å². The second-order valence-corrected chi connectivity index (χ2v) is 4.44. The molecule has 98 valence electrons. The minimum atomic E-state index is -0.469. The summed E-state index contributed by atoms with van der Waals surface area (Å²) < 4.78 is 13.6. The molecule has 0 heterocycles. The third kappa shape index (κ3) is 2.91. The van der Waals surface area contributed by atoms with Crippen molar-refractivity contribution in [2.45, 2.75) is 13.8 Å². The quantitative estimate of drug-likeness (QED) is 0.868. The fourth-order valence-electron chi connectivity index (χ4n) is 1.71. The highest BCUT2D eigenvalue weighted by molar-refractivity contribution is 6.04. The Morgan fingerprint density at radius 3 is 2.53 bits per heavy atom. The van der Waals surface area contributed by atoms with Crippen LogP contribution in [0.1, 0.15) is 21.5 Å². The SMILES string of the molecule is Cc1ccc(NC(=O)c2ccc(O)c(C)c2)c(F)c1. The molecular formula is C15H14FNO2. The van der Waals surface area contributed by atoms with Crippen LogP contribution in [0.5, 0.6) is 5.75 Å². The van der Waals surface area contributed by atoms with Gasteiger partial charge in [-0.25, -0.2) is 4.39 Å². The first kappa shape index (κ1) is 13.1. The zero-order valence-electron chi connectivity index (χ0n) is 10.7. The molecule has 0 bridgehead atoms. The van der Waals surface area contributed by atoms with Gasteiger partial charge in [-0.3, -0.25) is 4.79 Å². The highest BCUT2D eigenvalue weighted by Gasteiger charge is 2.10. The van der Waals surface area contributed by atoms with Crippen molar-refractivity contribution in [2.75, 3.05) is 5.32 Å². The van der Waals surface area contributed by atoms with E-state index in [1.807, 2.05) is 0 Å². The summed E-state index contributed by atoms with van der Waals surface area (Å²) >= 11 is 0. The second-order valence-electron chi connectivity index (χ2n) is 4.44. The van der Waals surface area contributed by atoms with Crippen molar-refractivity contribution < 1.29 is 14.3 Å². The maximum absolute atomic E-state index is 13.6. The number of aryl methyl sites for hydroxylation is 2. The predicted molar refractivity (Wildman–Crippen MR) is 71.9 cm³/mol. The lowest BCUT2D eigenvalue weighted by molar-refractivity contribution is 0.102. The number of carbonyl (C=O) groups is 1. The molecule has 2 rings (SSSR count). The summed E-state index contributed by atoms with van der Waals surface area (Å²) in [5, 5.41) is 11.9. The molecule has 0 aliphatic carbocycles. The lowest BCUT2D eigenvalue weighted by Crippen LogP contribution is -2.13. The van der Waals surface area contributed by atoms with Crippen molar-refractivity contribution >= 4 is 11.6 Å². The van der Waals surface area contributed by atoms with Gasteiger partial charge in [0.05, 0.1) is 5.69 Å². The highest BCUT2D eigenvalue weighted by Crippen LogP contribution is 2.19. The van der Waals surface area contributed by atoms with E-state index in [0.717, 1.165) is 5.56 Å². The van der Waals surface area contributed by atoms with Gasteiger partial charge in [-0.15, -0.1) is 0 Å². The summed E-state index contributed by atoms with van der Waals surface area (Å²) in [5.41, 5.74) is 1.89. The lowest BCUT2D eigenvalue weighted by atomic mass is 10.1. The van der Waals surface area contributed by atoms with Gasteiger partial charge in [-0.05, 0) is 55.3 Å². The number of anilines is 1. The molecule has 3 nitrogen and oxygen atoms in total. The van der Waals surface area contributed by atoms with E-state index in [2.05, 4.69) is 5.32 Å². The summed E-state index contributed by atoms with van der Waals surface area (Å²) in [5.74, 6) is -0.757. The van der Waals surface area contributed by atoms with Crippen molar-refractivity contribution in [3.63, 3.8) is 0 Å². The number of nitrogens with one attached hydrogen (secondary N) is 1. The normalized spacial score (nSPS) is 10.3. The molecule has 0 aromatic heterocycles. The largest absolute Gasteiger partial charge is 0.508 e. The second kappa shape index (κ2) is 5.10. The minimum absolute atomic E-state index is 0.123. The van der Waals surface area contributed by atoms with E-state index in [-0.39, 0.29) is 11.4 Å². The molecule has 2 N–H and O–H groups in total. The summed E-state index contributed by atoms with van der Waals surface area (Å²) in [4.78, 5) is 12.0. The zero-order valence-corrected chi connectivity index (χ0v) is 10.7. The van der Waals surface area contributed by atoms with Crippen LogP contribution in [0.2, 0.25) is 0 Å². The van der Waals surface area contributed by atoms with Crippen LogP contribution in [0.4, 0.5) is 10.1 Å². The van der Waals surface area contributed by atoms with Gasteiger partial charge in [0, 0.05) is 5.56 Å². The van der Waals surface area contributed by atoms with Gasteiger partial charge < -0.3 is 10.4 Å². The van der Waals surface area contributed by atoms with E-state index in [0.29, 0.717) is 11.1 Å². The number of phenolic OH excluding ortho intramolecular Hbond substituents is 1. The average Bonchev–Trinajstić information content (AvgIpc) is 2.36. The smallest absolute Gasteiger partial charge is 0.255 e. The van der Waals surface area contributed by atoms with Crippen molar-refractivity contribution in [2.24, 2.45) is 0 Å². The molecule has 0 spiro atoms. The van der Waals surface area contributed by atoms with E-state index >= 15 is 0 Å². The number of phenols is 1. The maximum Gasteiger partial charge on any atom is 0.255 e. The number of hydrogen-bond donors (Lipinski definition) is 2. The molecule has 1 amide bonds. The van der Waals surface area contributed by atoms with Crippen LogP contribution in [-0.4, -0.2) is 11.0 Å². The summed E-state index contributed by atoms with van der Waals surface area (Å²) in [7, 11) is 0. The first-order valence-electron chi connectivity index (χ1n) is 5.84. The van der Waals surface area contributed by atoms with E-state index in [4.69, 9.17) is 0 Å². The summed E-state index contributed by atoms with van der Waals surface area (Å²) in [6.07, 6.45) is 0. The number of carbonyl (C=O) groups excluding carboxylic acids is 1. The van der Waals surface area contributed by atoms with Crippen molar-refractivity contribution in [3.8, 4) is 5.75 Å². The number of hydrogen-bond acceptors (Lipinski definition) is 2. The Balaban J connectivity index is 2.23. The Morgan fingerprint density at radius 1 is 1.16 bits per heavy atom. The van der Waals surface area contributed by atoms with E-state index in [1.54, 1.807) is 26.0 Å². The van der Waals surface area contributed by atoms with E-state index < -0.39 is 11.7 Å². The van der Waals surface area contributed by atoms with Crippen LogP contribution >= 0.6 is 0 Å². The number of amides is 1. The molecule has 4 heteroatoms. The lowest BCUT2D eigenvalue weighted by Gasteiger charge is -2.08. The first-order chi connectivity index (χ1) is 8.97. The van der Waals surface area contributed by atoms with Gasteiger partial charge in [0.25, 0.3) is 5.91 Å². The Bertz CT molecular complexity index is 638. The Labute approximate surface area is 110 Å². The zero-order chi connectivity index (χ0) is 14.0. The molecular weight excluding hydrogens is 245 g/mol. The number of halogens is 1. The van der Waals surface area contributed by atoms with Gasteiger partial charge in [-0.1, -0.05) is 6.07 Å². The molecule has 0 unspecified atom stereocenters. The molecule has 2 aromatic carbocycles. The number of rotatable bonds is 2. The monoisotopic (exact) mass is 259 g/mol. The fourth-order valence-corrected chi connectivity index (χ4v) is 1.71. The summed E-state index contributed by atoms with van der Waals surface area (Å²) in [6, 6.07) is 9.09. The van der Waals surface area contributed by atoms with E-state index in [9.17, 15) is 14.3 Å². The van der Waals surface area contributed by atoms with Gasteiger partial charge in [0.1, 0.15) is 11.6 Å². The molecule has 0 fully saturated rings. The molecule has 19 heavy (non-hydrogen) atoms. The Morgan fingerprint density at radius 2 is 1.89 bits per heavy atom. The van der Waals surface area contributed by atoms with Crippen LogP contribution in [0.15, 0.2) is 36.4 Å². The van der Waals surface area contributed by atoms with Crippen LogP contribution in [0.3, 0.4) is 0 Å². The van der Waals surface area contributed by atoms with Gasteiger partial charge in [-0.2, -0.15) is 0 Å². The molecule has 0 atom stereocenters. The van der Waals surface area contributed by atoms with Crippen LogP contribution < -0.4 is 5.32 Å². The predicted octanol–water partition coefficient (Wildman–Crippen LogP) is 3.40. The van der Waals surface area contributed by atoms with Crippen molar-refractivity contribution in [1.82, 2.24) is 0 Å². The Hall–Kier alpha value is -2.36. The molecule has 0 saturated heterocycles. The van der Waals surface area contributed by atoms with Crippen LogP contribution in [0, 0.1) is 19.7 Å². The van der Waals surface area contributed by atoms with Crippen LogP contribution in [-0.2, 0) is 0 Å². The molecule has 2 aromatic rings. The third-order valence-electron chi connectivity index (χ3n) is 2.83. The van der Waals surface area contributed by atoms with Crippen LogP contribution in [0.25, 0.3) is 0 Å². The topological polar surface area (TPSA) is 49.3 Å². The van der Waals surface area contributed by atoms with Gasteiger partial charge >= 0.3 is 0 Å². The molecule has 0 aliphatic rings.